The van der Waals surface area contributed by atoms with E-state index in [9.17, 15) is 9.65 Å². The van der Waals surface area contributed by atoms with Crippen LogP contribution in [0.2, 0.25) is 5.02 Å². The van der Waals surface area contributed by atoms with E-state index >= 15 is 0 Å². The quantitative estimate of drug-likeness (QED) is 0.690. The molecule has 4 nitrogen and oxygen atoms in total. The van der Waals surface area contributed by atoms with Crippen LogP contribution in [0.15, 0.2) is 30.5 Å². The van der Waals surface area contributed by atoms with Gasteiger partial charge in [0.1, 0.15) is 17.3 Å². The van der Waals surface area contributed by atoms with Crippen molar-refractivity contribution in [3.8, 4) is 17.5 Å². The number of fused-ring (bicyclic) bond motifs is 1. The summed E-state index contributed by atoms with van der Waals surface area (Å²) in [6.07, 6.45) is 1.60. The minimum absolute atomic E-state index is 0.185. The van der Waals surface area contributed by atoms with Gasteiger partial charge in [-0.25, -0.2) is 9.37 Å². The first kappa shape index (κ1) is 12.6. The number of nitriles is 1. The largest absolute Gasteiger partial charge is 0.266 e. The molecule has 20 heavy (non-hydrogen) atoms. The highest BCUT2D eigenvalue weighted by Gasteiger charge is 2.14. The number of halogens is 2. The van der Waals surface area contributed by atoms with Crippen LogP contribution >= 0.6 is 11.6 Å². The van der Waals surface area contributed by atoms with E-state index in [0.717, 1.165) is 0 Å². The Morgan fingerprint density at radius 3 is 2.80 bits per heavy atom. The lowest BCUT2D eigenvalue weighted by Gasteiger charge is -2.07. The highest BCUT2D eigenvalue weighted by atomic mass is 35.5. The first-order chi connectivity index (χ1) is 9.60. The summed E-state index contributed by atoms with van der Waals surface area (Å²) in [5, 5.41) is 14.1. The van der Waals surface area contributed by atoms with Crippen molar-refractivity contribution in [3.05, 3.63) is 46.9 Å². The van der Waals surface area contributed by atoms with Crippen molar-refractivity contribution in [1.29, 1.82) is 5.26 Å². The zero-order valence-electron chi connectivity index (χ0n) is 10.4. The Morgan fingerprint density at radius 1 is 1.35 bits per heavy atom. The zero-order valence-corrected chi connectivity index (χ0v) is 11.2. The number of hydrogen-bond donors (Lipinski definition) is 0. The van der Waals surface area contributed by atoms with Crippen LogP contribution < -0.4 is 0 Å². The molecule has 0 atom stereocenters. The Kier molecular flexibility index (Phi) is 2.88. The van der Waals surface area contributed by atoms with Gasteiger partial charge in [0.25, 0.3) is 0 Å². The van der Waals surface area contributed by atoms with Gasteiger partial charge in [-0.05, 0) is 24.3 Å². The van der Waals surface area contributed by atoms with Crippen LogP contribution in [0.1, 0.15) is 5.56 Å². The number of aryl methyl sites for hydroxylation is 1. The molecule has 3 aromatic rings. The second-order valence-electron chi connectivity index (χ2n) is 4.30. The van der Waals surface area contributed by atoms with Gasteiger partial charge in [-0.2, -0.15) is 10.4 Å². The smallest absolute Gasteiger partial charge is 0.150 e. The number of aromatic nitrogens is 3. The predicted molar refractivity (Wildman–Crippen MR) is 73.6 cm³/mol. The van der Waals surface area contributed by atoms with Crippen LogP contribution in [0.5, 0.6) is 0 Å². The lowest BCUT2D eigenvalue weighted by Crippen LogP contribution is -1.99. The summed E-state index contributed by atoms with van der Waals surface area (Å²) < 4.78 is 15.5. The fourth-order valence-electron chi connectivity index (χ4n) is 2.10. The summed E-state index contributed by atoms with van der Waals surface area (Å²) >= 11 is 5.82. The van der Waals surface area contributed by atoms with Crippen LogP contribution in [-0.2, 0) is 7.05 Å². The average Bonchev–Trinajstić information content (AvgIpc) is 2.83. The van der Waals surface area contributed by atoms with Crippen molar-refractivity contribution in [3.63, 3.8) is 0 Å². The Hall–Kier alpha value is -2.45. The van der Waals surface area contributed by atoms with E-state index in [1.54, 1.807) is 36.1 Å². The van der Waals surface area contributed by atoms with Gasteiger partial charge in [-0.3, -0.25) is 4.68 Å². The molecule has 2 heterocycles. The third-order valence-electron chi connectivity index (χ3n) is 3.02. The standard InChI is InChI=1S/C14H8ClFN4/c1-20-12(2-3-18-20)14-9(7-17)4-8-5-10(15)6-11(16)13(8)19-14/h2-6H,1H3. The SMILES string of the molecule is Cn1nccc1-c1nc2c(F)cc(Cl)cc2cc1C#N. The molecule has 2 aromatic heterocycles. The topological polar surface area (TPSA) is 54.5 Å². The van der Waals surface area contributed by atoms with E-state index in [1.165, 1.54) is 6.07 Å². The summed E-state index contributed by atoms with van der Waals surface area (Å²) in [4.78, 5) is 4.27. The van der Waals surface area contributed by atoms with Gasteiger partial charge in [-0.15, -0.1) is 0 Å². The van der Waals surface area contributed by atoms with Gasteiger partial charge in [-0.1, -0.05) is 11.6 Å². The monoisotopic (exact) mass is 286 g/mol. The Balaban J connectivity index is 2.39. The molecule has 0 aliphatic heterocycles. The molecule has 0 bridgehead atoms. The maximum absolute atomic E-state index is 14.0. The summed E-state index contributed by atoms with van der Waals surface area (Å²) in [6, 6.07) is 8.17. The Bertz CT molecular complexity index is 863. The molecule has 0 spiro atoms. The minimum atomic E-state index is -0.514. The first-order valence-corrected chi connectivity index (χ1v) is 6.16. The lowest BCUT2D eigenvalue weighted by molar-refractivity contribution is 0.637. The van der Waals surface area contributed by atoms with Crippen molar-refractivity contribution < 1.29 is 4.39 Å². The van der Waals surface area contributed by atoms with E-state index in [2.05, 4.69) is 16.2 Å². The highest BCUT2D eigenvalue weighted by Crippen LogP contribution is 2.28. The molecule has 0 aliphatic rings. The number of hydrogen-bond acceptors (Lipinski definition) is 3. The first-order valence-electron chi connectivity index (χ1n) is 5.78. The molecule has 0 amide bonds. The van der Waals surface area contributed by atoms with Crippen LogP contribution in [0.4, 0.5) is 4.39 Å². The van der Waals surface area contributed by atoms with Crippen LogP contribution in [-0.4, -0.2) is 14.8 Å². The van der Waals surface area contributed by atoms with E-state index < -0.39 is 5.82 Å². The van der Waals surface area contributed by atoms with E-state index in [-0.39, 0.29) is 10.5 Å². The summed E-state index contributed by atoms with van der Waals surface area (Å²) in [6.45, 7) is 0. The Labute approximate surface area is 119 Å². The third-order valence-corrected chi connectivity index (χ3v) is 3.24. The third kappa shape index (κ3) is 1.91. The average molecular weight is 287 g/mol. The van der Waals surface area contributed by atoms with Gasteiger partial charge in [0, 0.05) is 23.7 Å². The van der Waals surface area contributed by atoms with Gasteiger partial charge >= 0.3 is 0 Å². The van der Waals surface area contributed by atoms with Gasteiger partial charge in [0.15, 0.2) is 5.82 Å². The molecule has 0 unspecified atom stereocenters. The molecule has 0 aliphatic carbocycles. The van der Waals surface area contributed by atoms with E-state index in [0.29, 0.717) is 22.3 Å². The van der Waals surface area contributed by atoms with Gasteiger partial charge in [0.2, 0.25) is 0 Å². The lowest BCUT2D eigenvalue weighted by atomic mass is 10.1. The number of pyridine rings is 1. The summed E-state index contributed by atoms with van der Waals surface area (Å²) in [5.41, 5.74) is 1.59. The van der Waals surface area contributed by atoms with E-state index in [1.807, 2.05) is 0 Å². The second kappa shape index (κ2) is 4.58. The minimum Gasteiger partial charge on any atom is -0.266 e. The summed E-state index contributed by atoms with van der Waals surface area (Å²) in [7, 11) is 1.74. The maximum Gasteiger partial charge on any atom is 0.150 e. The summed E-state index contributed by atoms with van der Waals surface area (Å²) in [5.74, 6) is -0.514. The fraction of sp³-hybridized carbons (Fsp3) is 0.0714. The van der Waals surface area contributed by atoms with Crippen molar-refractivity contribution in [2.45, 2.75) is 0 Å². The van der Waals surface area contributed by atoms with Crippen LogP contribution in [0, 0.1) is 17.1 Å². The van der Waals surface area contributed by atoms with Crippen molar-refractivity contribution in [2.75, 3.05) is 0 Å². The van der Waals surface area contributed by atoms with Crippen molar-refractivity contribution >= 4 is 22.5 Å². The maximum atomic E-state index is 14.0. The molecule has 0 radical (unpaired) electrons. The molecule has 98 valence electrons. The van der Waals surface area contributed by atoms with Gasteiger partial charge < -0.3 is 0 Å². The molecular formula is C14H8ClFN4. The molecule has 0 saturated carbocycles. The van der Waals surface area contributed by atoms with Gasteiger partial charge in [0.05, 0.1) is 11.3 Å². The number of benzene rings is 1. The normalized spacial score (nSPS) is 10.7. The molecule has 1 aromatic carbocycles. The number of nitrogens with zero attached hydrogens (tertiary/aromatic N) is 4. The second-order valence-corrected chi connectivity index (χ2v) is 4.73. The van der Waals surface area contributed by atoms with Crippen LogP contribution in [0.3, 0.4) is 0 Å². The molecule has 3 rings (SSSR count). The number of rotatable bonds is 1. The highest BCUT2D eigenvalue weighted by molar-refractivity contribution is 6.31. The molecule has 0 fully saturated rings. The van der Waals surface area contributed by atoms with E-state index in [4.69, 9.17) is 11.6 Å². The molecular weight excluding hydrogens is 279 g/mol. The molecule has 0 N–H and O–H groups in total. The van der Waals surface area contributed by atoms with Crippen LogP contribution in [0.25, 0.3) is 22.3 Å². The zero-order chi connectivity index (χ0) is 14.3. The molecule has 6 heteroatoms. The molecule has 0 saturated heterocycles. The fourth-order valence-corrected chi connectivity index (χ4v) is 2.31. The van der Waals surface area contributed by atoms with Crippen molar-refractivity contribution in [2.24, 2.45) is 7.05 Å². The van der Waals surface area contributed by atoms with Crippen molar-refractivity contribution in [1.82, 2.24) is 14.8 Å². The Morgan fingerprint density at radius 2 is 2.15 bits per heavy atom. The predicted octanol–water partition coefficient (Wildman–Crippen LogP) is 3.30.